The number of hydrogen-bond acceptors (Lipinski definition) is 4. The summed E-state index contributed by atoms with van der Waals surface area (Å²) < 4.78 is 10.6. The van der Waals surface area contributed by atoms with Crippen LogP contribution in [0.5, 0.6) is 0 Å². The van der Waals surface area contributed by atoms with E-state index in [-0.39, 0.29) is 11.4 Å². The third-order valence-electron chi connectivity index (χ3n) is 2.88. The molecule has 0 aliphatic carbocycles. The summed E-state index contributed by atoms with van der Waals surface area (Å²) in [7, 11) is 0. The van der Waals surface area contributed by atoms with Crippen molar-refractivity contribution in [1.82, 2.24) is 10.5 Å². The van der Waals surface area contributed by atoms with Gasteiger partial charge < -0.3 is 14.6 Å². The van der Waals surface area contributed by atoms with Gasteiger partial charge in [0.05, 0.1) is 0 Å². The molecule has 6 nitrogen and oxygen atoms in total. The van der Waals surface area contributed by atoms with E-state index >= 15 is 0 Å². The largest absolute Gasteiger partial charge is 0.381 e. The lowest BCUT2D eigenvalue weighted by atomic mass is 9.93. The summed E-state index contributed by atoms with van der Waals surface area (Å²) in [6, 6.07) is 1.46. The summed E-state index contributed by atoms with van der Waals surface area (Å²) in [6.07, 6.45) is 3.01. The molecule has 0 bridgehead atoms. The van der Waals surface area contributed by atoms with Crippen LogP contribution in [0, 0.1) is 0 Å². The zero-order valence-electron chi connectivity index (χ0n) is 13.5. The van der Waals surface area contributed by atoms with Gasteiger partial charge in [-0.1, -0.05) is 39.3 Å². The Hall–Kier alpha value is -1.56. The van der Waals surface area contributed by atoms with Crippen molar-refractivity contribution in [2.75, 3.05) is 25.1 Å². The van der Waals surface area contributed by atoms with Crippen molar-refractivity contribution < 1.29 is 14.1 Å². The van der Waals surface area contributed by atoms with Crippen molar-refractivity contribution in [1.29, 1.82) is 0 Å². The topological polar surface area (TPSA) is 76.4 Å². The molecule has 2 N–H and O–H groups in total. The summed E-state index contributed by atoms with van der Waals surface area (Å²) >= 11 is 0. The predicted octanol–water partition coefficient (Wildman–Crippen LogP) is 3.30. The Kier molecular flexibility index (Phi) is 7.22. The summed E-state index contributed by atoms with van der Waals surface area (Å²) in [5.74, 6) is 1.17. The van der Waals surface area contributed by atoms with Crippen molar-refractivity contribution in [2.24, 2.45) is 0 Å². The average Bonchev–Trinajstić information content (AvgIpc) is 2.86. The van der Waals surface area contributed by atoms with E-state index in [0.29, 0.717) is 19.0 Å². The molecule has 0 saturated heterocycles. The smallest absolute Gasteiger partial charge is 0.320 e. The maximum atomic E-state index is 11.7. The van der Waals surface area contributed by atoms with Crippen molar-refractivity contribution >= 4 is 11.8 Å². The van der Waals surface area contributed by atoms with E-state index < -0.39 is 0 Å². The highest BCUT2D eigenvalue weighted by Gasteiger charge is 2.20. The number of rotatable bonds is 8. The average molecular weight is 297 g/mol. The van der Waals surface area contributed by atoms with Gasteiger partial charge in [0.2, 0.25) is 0 Å². The quantitative estimate of drug-likeness (QED) is 0.722. The number of nitrogens with zero attached hydrogens (tertiary/aromatic N) is 1. The molecule has 120 valence electrons. The maximum absolute atomic E-state index is 11.7. The number of unbranched alkanes of at least 4 members (excludes halogenated alkanes) is 1. The summed E-state index contributed by atoms with van der Waals surface area (Å²) in [5.41, 5.74) is -0.126. The molecule has 0 atom stereocenters. The fraction of sp³-hybridized carbons (Fsp3) is 0.733. The van der Waals surface area contributed by atoms with Gasteiger partial charge in [0.1, 0.15) is 5.76 Å². The summed E-state index contributed by atoms with van der Waals surface area (Å²) in [6.45, 7) is 10.2. The molecule has 1 aromatic heterocycles. The van der Waals surface area contributed by atoms with E-state index in [1.807, 2.05) is 20.8 Å². The fourth-order valence-electron chi connectivity index (χ4n) is 1.57. The highest BCUT2D eigenvalue weighted by molar-refractivity contribution is 5.88. The predicted molar refractivity (Wildman–Crippen MR) is 82.6 cm³/mol. The third kappa shape index (κ3) is 7.13. The highest BCUT2D eigenvalue weighted by atomic mass is 16.5. The number of amides is 2. The van der Waals surface area contributed by atoms with Crippen molar-refractivity contribution in [3.05, 3.63) is 11.8 Å². The molecular formula is C15H27N3O3. The molecule has 6 heteroatoms. The Morgan fingerprint density at radius 1 is 1.33 bits per heavy atom. The van der Waals surface area contributed by atoms with Crippen LogP contribution in [0.15, 0.2) is 10.6 Å². The van der Waals surface area contributed by atoms with Gasteiger partial charge in [-0.2, -0.15) is 0 Å². The van der Waals surface area contributed by atoms with Crippen LogP contribution < -0.4 is 10.6 Å². The number of urea groups is 1. The first-order valence-electron chi connectivity index (χ1n) is 7.53. The minimum absolute atomic E-state index is 0.126. The van der Waals surface area contributed by atoms with Gasteiger partial charge in [-0.15, -0.1) is 0 Å². The lowest BCUT2D eigenvalue weighted by Crippen LogP contribution is -2.30. The van der Waals surface area contributed by atoms with Gasteiger partial charge in [0, 0.05) is 31.2 Å². The molecule has 0 aliphatic heterocycles. The lowest BCUT2D eigenvalue weighted by Gasteiger charge is -2.12. The Bertz CT molecular complexity index is 424. The molecule has 1 heterocycles. The fourth-order valence-corrected chi connectivity index (χ4v) is 1.57. The minimum atomic E-state index is -0.280. The number of carbonyl (C=O) groups excluding carboxylic acids is 1. The first-order valence-corrected chi connectivity index (χ1v) is 7.53. The second-order valence-electron chi connectivity index (χ2n) is 6.03. The van der Waals surface area contributed by atoms with Crippen LogP contribution in [0.3, 0.4) is 0 Å². The Balaban J connectivity index is 2.18. The van der Waals surface area contributed by atoms with Crippen LogP contribution in [-0.4, -0.2) is 30.9 Å². The molecular weight excluding hydrogens is 270 g/mol. The van der Waals surface area contributed by atoms with E-state index in [2.05, 4.69) is 22.7 Å². The molecule has 0 aromatic carbocycles. The van der Waals surface area contributed by atoms with Crippen LogP contribution in [0.1, 0.15) is 52.7 Å². The number of aromatic nitrogens is 1. The van der Waals surface area contributed by atoms with E-state index in [1.54, 1.807) is 6.07 Å². The SMILES string of the molecule is CCCCOCCCNC(=O)Nc1cc(C(C)(C)C)on1. The first-order chi connectivity index (χ1) is 9.93. The van der Waals surface area contributed by atoms with Crippen LogP contribution in [0.2, 0.25) is 0 Å². The second kappa shape index (κ2) is 8.67. The highest BCUT2D eigenvalue weighted by Crippen LogP contribution is 2.24. The number of anilines is 1. The van der Waals surface area contributed by atoms with Gasteiger partial charge in [-0.05, 0) is 12.8 Å². The molecule has 0 saturated carbocycles. The molecule has 0 radical (unpaired) electrons. The molecule has 1 aromatic rings. The zero-order chi connectivity index (χ0) is 15.7. The number of nitrogens with one attached hydrogen (secondary N) is 2. The van der Waals surface area contributed by atoms with Crippen molar-refractivity contribution in [3.63, 3.8) is 0 Å². The number of ether oxygens (including phenoxy) is 1. The van der Waals surface area contributed by atoms with E-state index in [9.17, 15) is 4.79 Å². The Morgan fingerprint density at radius 2 is 2.05 bits per heavy atom. The van der Waals surface area contributed by atoms with Gasteiger partial charge >= 0.3 is 6.03 Å². The Labute approximate surface area is 126 Å². The molecule has 0 aliphatic rings. The third-order valence-corrected chi connectivity index (χ3v) is 2.88. The molecule has 1 rings (SSSR count). The summed E-state index contributed by atoms with van der Waals surface area (Å²) in [4.78, 5) is 11.7. The molecule has 2 amide bonds. The first kappa shape index (κ1) is 17.5. The van der Waals surface area contributed by atoms with Crippen LogP contribution in [-0.2, 0) is 10.2 Å². The molecule has 0 fully saturated rings. The molecule has 21 heavy (non-hydrogen) atoms. The minimum Gasteiger partial charge on any atom is -0.381 e. The summed E-state index contributed by atoms with van der Waals surface area (Å²) in [5, 5.41) is 9.24. The van der Waals surface area contributed by atoms with Crippen LogP contribution in [0.4, 0.5) is 10.6 Å². The van der Waals surface area contributed by atoms with Crippen LogP contribution >= 0.6 is 0 Å². The van der Waals surface area contributed by atoms with Crippen molar-refractivity contribution in [2.45, 2.75) is 52.4 Å². The lowest BCUT2D eigenvalue weighted by molar-refractivity contribution is 0.129. The molecule has 0 spiro atoms. The molecule has 0 unspecified atom stereocenters. The number of carbonyl (C=O) groups is 1. The second-order valence-corrected chi connectivity index (χ2v) is 6.03. The zero-order valence-corrected chi connectivity index (χ0v) is 13.5. The number of hydrogen-bond donors (Lipinski definition) is 2. The van der Waals surface area contributed by atoms with Crippen LogP contribution in [0.25, 0.3) is 0 Å². The van der Waals surface area contributed by atoms with Gasteiger partial charge in [0.25, 0.3) is 0 Å². The standard InChI is InChI=1S/C15H27N3O3/c1-5-6-9-20-10-7-8-16-14(19)17-13-11-12(21-18-13)15(2,3)4/h11H,5-10H2,1-4H3,(H2,16,17,18,19). The van der Waals surface area contributed by atoms with E-state index in [1.165, 1.54) is 0 Å². The monoisotopic (exact) mass is 297 g/mol. The van der Waals surface area contributed by atoms with E-state index in [0.717, 1.165) is 31.6 Å². The van der Waals surface area contributed by atoms with Gasteiger partial charge in [0.15, 0.2) is 5.82 Å². The van der Waals surface area contributed by atoms with Gasteiger partial charge in [-0.3, -0.25) is 5.32 Å². The van der Waals surface area contributed by atoms with Gasteiger partial charge in [-0.25, -0.2) is 4.79 Å². The van der Waals surface area contributed by atoms with E-state index in [4.69, 9.17) is 9.26 Å². The normalized spacial score (nSPS) is 11.4. The maximum Gasteiger partial charge on any atom is 0.320 e. The van der Waals surface area contributed by atoms with Crippen molar-refractivity contribution in [3.8, 4) is 0 Å². The Morgan fingerprint density at radius 3 is 2.67 bits per heavy atom.